The van der Waals surface area contributed by atoms with Gasteiger partial charge >= 0.3 is 0 Å². The van der Waals surface area contributed by atoms with Crippen LogP contribution in [0.25, 0.3) is 0 Å². The molecular weight excluding hydrogens is 254 g/mol. The van der Waals surface area contributed by atoms with Gasteiger partial charge in [0.2, 0.25) is 0 Å². The number of halogens is 1. The Hall–Kier alpha value is -1.42. The normalized spacial score (nSPS) is 19.8. The zero-order valence-corrected chi connectivity index (χ0v) is 10.7. The van der Waals surface area contributed by atoms with Crippen molar-refractivity contribution in [1.82, 2.24) is 4.90 Å². The summed E-state index contributed by atoms with van der Waals surface area (Å²) in [5, 5.41) is 18.8. The Bertz CT molecular complexity index is 430. The second-order valence-electron chi connectivity index (χ2n) is 4.54. The van der Waals surface area contributed by atoms with E-state index in [1.165, 1.54) is 18.2 Å². The maximum atomic E-state index is 12.3. The first-order valence-electron chi connectivity index (χ1n) is 6.02. The van der Waals surface area contributed by atoms with Gasteiger partial charge in [-0.05, 0) is 31.4 Å². The van der Waals surface area contributed by atoms with E-state index in [-0.39, 0.29) is 23.4 Å². The number of phenolic OH excluding ortho intramolecular Hbond substituents is 2. The number of piperidine rings is 1. The number of nitrogens with zero attached hydrogens (tertiary/aromatic N) is 1. The zero-order chi connectivity index (χ0) is 13.1. The van der Waals surface area contributed by atoms with E-state index in [1.807, 2.05) is 0 Å². The highest BCUT2D eigenvalue weighted by Gasteiger charge is 2.27. The van der Waals surface area contributed by atoms with Crippen molar-refractivity contribution >= 4 is 17.5 Å². The number of hydrogen-bond donors (Lipinski definition) is 2. The first-order chi connectivity index (χ1) is 8.61. The van der Waals surface area contributed by atoms with E-state index >= 15 is 0 Å². The molecule has 2 N–H and O–H groups in total. The first-order valence-corrected chi connectivity index (χ1v) is 6.55. The van der Waals surface area contributed by atoms with Crippen LogP contribution in [-0.2, 0) is 0 Å². The van der Waals surface area contributed by atoms with Gasteiger partial charge in [-0.25, -0.2) is 0 Å². The van der Waals surface area contributed by atoms with Crippen LogP contribution in [0, 0.1) is 0 Å². The maximum Gasteiger partial charge on any atom is 0.254 e. The molecule has 1 aromatic rings. The fourth-order valence-corrected chi connectivity index (χ4v) is 2.63. The van der Waals surface area contributed by atoms with Crippen LogP contribution in [0.3, 0.4) is 0 Å². The number of alkyl halides is 1. The molecule has 1 aromatic carbocycles. The molecule has 1 heterocycles. The Morgan fingerprint density at radius 3 is 2.56 bits per heavy atom. The van der Waals surface area contributed by atoms with Gasteiger partial charge in [0.15, 0.2) is 0 Å². The molecule has 5 heteroatoms. The molecule has 1 atom stereocenters. The molecule has 0 aromatic heterocycles. The highest BCUT2D eigenvalue weighted by molar-refractivity contribution is 6.18. The largest absolute Gasteiger partial charge is 0.508 e. The summed E-state index contributed by atoms with van der Waals surface area (Å²) >= 11 is 5.88. The van der Waals surface area contributed by atoms with Gasteiger partial charge in [0.1, 0.15) is 11.5 Å². The van der Waals surface area contributed by atoms with E-state index < -0.39 is 0 Å². The van der Waals surface area contributed by atoms with Gasteiger partial charge in [-0.3, -0.25) is 4.79 Å². The Labute approximate surface area is 111 Å². The van der Waals surface area contributed by atoms with Crippen LogP contribution < -0.4 is 0 Å². The van der Waals surface area contributed by atoms with Crippen LogP contribution in [0.1, 0.15) is 29.6 Å². The SMILES string of the molecule is O=C(c1cc(O)cc(O)c1)N1CCCCC1CCl. The summed E-state index contributed by atoms with van der Waals surface area (Å²) in [4.78, 5) is 14.0. The maximum absolute atomic E-state index is 12.3. The molecule has 0 saturated carbocycles. The van der Waals surface area contributed by atoms with E-state index in [0.717, 1.165) is 19.3 Å². The number of phenols is 2. The number of benzene rings is 1. The summed E-state index contributed by atoms with van der Waals surface area (Å²) < 4.78 is 0. The molecule has 1 aliphatic heterocycles. The minimum absolute atomic E-state index is 0.0393. The quantitative estimate of drug-likeness (QED) is 0.810. The second kappa shape index (κ2) is 5.48. The Balaban J connectivity index is 2.23. The van der Waals surface area contributed by atoms with Crippen LogP contribution in [0.4, 0.5) is 0 Å². The minimum atomic E-state index is -0.188. The second-order valence-corrected chi connectivity index (χ2v) is 4.85. The van der Waals surface area contributed by atoms with Crippen LogP contribution in [-0.4, -0.2) is 39.5 Å². The van der Waals surface area contributed by atoms with Crippen LogP contribution in [0.5, 0.6) is 11.5 Å². The number of carbonyl (C=O) groups excluding carboxylic acids is 1. The predicted octanol–water partition coefficient (Wildman–Crippen LogP) is 2.33. The van der Waals surface area contributed by atoms with Gasteiger partial charge in [0.25, 0.3) is 5.91 Å². The van der Waals surface area contributed by atoms with Crippen molar-refractivity contribution in [2.75, 3.05) is 12.4 Å². The number of aromatic hydroxyl groups is 2. The zero-order valence-electron chi connectivity index (χ0n) is 9.97. The molecule has 0 spiro atoms. The van der Waals surface area contributed by atoms with Crippen molar-refractivity contribution in [3.8, 4) is 11.5 Å². The van der Waals surface area contributed by atoms with Crippen molar-refractivity contribution in [3.63, 3.8) is 0 Å². The number of amides is 1. The lowest BCUT2D eigenvalue weighted by Gasteiger charge is -2.34. The molecule has 1 unspecified atom stereocenters. The summed E-state index contributed by atoms with van der Waals surface area (Å²) in [6.07, 6.45) is 2.94. The Kier molecular flexibility index (Phi) is 3.97. The molecule has 1 aliphatic rings. The van der Waals surface area contributed by atoms with Crippen molar-refractivity contribution in [2.45, 2.75) is 25.3 Å². The molecular formula is C13H16ClNO3. The highest BCUT2D eigenvalue weighted by Crippen LogP contribution is 2.25. The molecule has 2 rings (SSSR count). The number of hydrogen-bond acceptors (Lipinski definition) is 3. The lowest BCUT2D eigenvalue weighted by atomic mass is 10.0. The average molecular weight is 270 g/mol. The van der Waals surface area contributed by atoms with Gasteiger partial charge in [-0.15, -0.1) is 11.6 Å². The number of likely N-dealkylation sites (tertiary alicyclic amines) is 1. The molecule has 1 amide bonds. The van der Waals surface area contributed by atoms with E-state index in [4.69, 9.17) is 11.6 Å². The van der Waals surface area contributed by atoms with Gasteiger partial charge in [0.05, 0.1) is 0 Å². The van der Waals surface area contributed by atoms with Gasteiger partial charge in [-0.1, -0.05) is 0 Å². The fraction of sp³-hybridized carbons (Fsp3) is 0.462. The summed E-state index contributed by atoms with van der Waals surface area (Å²) in [5.41, 5.74) is 0.296. The van der Waals surface area contributed by atoms with Crippen molar-refractivity contribution in [3.05, 3.63) is 23.8 Å². The average Bonchev–Trinajstić information content (AvgIpc) is 2.36. The predicted molar refractivity (Wildman–Crippen MR) is 69.2 cm³/mol. The molecule has 18 heavy (non-hydrogen) atoms. The molecule has 1 saturated heterocycles. The topological polar surface area (TPSA) is 60.8 Å². The molecule has 4 nitrogen and oxygen atoms in total. The van der Waals surface area contributed by atoms with Gasteiger partial charge in [-0.2, -0.15) is 0 Å². The number of rotatable bonds is 2. The molecule has 98 valence electrons. The fourth-order valence-electron chi connectivity index (χ4n) is 2.31. The monoisotopic (exact) mass is 269 g/mol. The van der Waals surface area contributed by atoms with E-state index in [1.54, 1.807) is 4.90 Å². The minimum Gasteiger partial charge on any atom is -0.508 e. The van der Waals surface area contributed by atoms with Gasteiger partial charge in [0, 0.05) is 30.1 Å². The van der Waals surface area contributed by atoms with Crippen LogP contribution >= 0.6 is 11.6 Å². The molecule has 0 aliphatic carbocycles. The summed E-state index contributed by atoms with van der Waals surface area (Å²) in [6.45, 7) is 0.673. The summed E-state index contributed by atoms with van der Waals surface area (Å²) in [5.74, 6) is -0.00148. The lowest BCUT2D eigenvalue weighted by Crippen LogP contribution is -2.44. The molecule has 0 bridgehead atoms. The third-order valence-corrected chi connectivity index (χ3v) is 3.57. The first kappa shape index (κ1) is 13.0. The number of carbonyl (C=O) groups is 1. The third kappa shape index (κ3) is 2.70. The Morgan fingerprint density at radius 1 is 1.28 bits per heavy atom. The lowest BCUT2D eigenvalue weighted by molar-refractivity contribution is 0.0638. The van der Waals surface area contributed by atoms with E-state index in [9.17, 15) is 15.0 Å². The van der Waals surface area contributed by atoms with Crippen molar-refractivity contribution in [1.29, 1.82) is 0 Å². The summed E-state index contributed by atoms with van der Waals surface area (Å²) in [7, 11) is 0. The van der Waals surface area contributed by atoms with E-state index in [0.29, 0.717) is 18.0 Å². The third-order valence-electron chi connectivity index (χ3n) is 3.22. The highest BCUT2D eigenvalue weighted by atomic mass is 35.5. The Morgan fingerprint density at radius 2 is 1.94 bits per heavy atom. The summed E-state index contributed by atoms with van der Waals surface area (Å²) in [6, 6.07) is 3.97. The standard InChI is InChI=1S/C13H16ClNO3/c14-8-10-3-1-2-4-15(10)13(18)9-5-11(16)7-12(17)6-9/h5-7,10,16-17H,1-4,8H2. The van der Waals surface area contributed by atoms with Crippen LogP contribution in [0.15, 0.2) is 18.2 Å². The molecule has 0 radical (unpaired) electrons. The van der Waals surface area contributed by atoms with E-state index in [2.05, 4.69) is 0 Å². The van der Waals surface area contributed by atoms with Crippen LogP contribution in [0.2, 0.25) is 0 Å². The smallest absolute Gasteiger partial charge is 0.254 e. The van der Waals surface area contributed by atoms with Crippen molar-refractivity contribution < 1.29 is 15.0 Å². The molecule has 1 fully saturated rings. The van der Waals surface area contributed by atoms with Gasteiger partial charge < -0.3 is 15.1 Å². The van der Waals surface area contributed by atoms with Crippen molar-refractivity contribution in [2.24, 2.45) is 0 Å².